The number of aliphatic hydroxyl groups excluding tert-OH is 1. The van der Waals surface area contributed by atoms with E-state index in [0.29, 0.717) is 19.6 Å². The molecule has 0 amide bonds. The first-order valence-corrected chi connectivity index (χ1v) is 18.8. The Morgan fingerprint density at radius 2 is 1.37 bits per heavy atom. The summed E-state index contributed by atoms with van der Waals surface area (Å²) in [6.07, 6.45) is 2.52. The van der Waals surface area contributed by atoms with Crippen LogP contribution in [-0.2, 0) is 20.4 Å². The molecule has 6 rings (SSSR count). The number of para-hydroxylation sites is 1. The molecule has 1 aliphatic rings. The van der Waals surface area contributed by atoms with Gasteiger partial charge in [0.05, 0.1) is 18.1 Å². The van der Waals surface area contributed by atoms with Gasteiger partial charge in [-0.3, -0.25) is 15.0 Å². The molecule has 1 aliphatic heterocycles. The average molecular weight is 769 g/mol. The lowest BCUT2D eigenvalue weighted by Crippen LogP contribution is -2.62. The molecule has 0 unspecified atom stereocenters. The van der Waals surface area contributed by atoms with E-state index >= 15 is 0 Å². The lowest BCUT2D eigenvalue weighted by atomic mass is 9.80. The van der Waals surface area contributed by atoms with Gasteiger partial charge < -0.3 is 9.84 Å². The van der Waals surface area contributed by atoms with Crippen molar-refractivity contribution < 1.29 is 23.2 Å². The predicted molar refractivity (Wildman–Crippen MR) is 202 cm³/mol. The Balaban J connectivity index is 1.31. The van der Waals surface area contributed by atoms with Gasteiger partial charge in [0.1, 0.15) is 5.60 Å². The second-order valence-corrected chi connectivity index (χ2v) is 15.0. The highest BCUT2D eigenvalue weighted by Gasteiger charge is 2.43. The van der Waals surface area contributed by atoms with Crippen LogP contribution in [0, 0.1) is 10.1 Å². The first-order valence-electron chi connectivity index (χ1n) is 16.6. The minimum Gasteiger partial charge on any atom is -0.392 e. The van der Waals surface area contributed by atoms with Crippen molar-refractivity contribution in [3.63, 3.8) is 0 Å². The number of hydrogen-bond acceptors (Lipinski definition) is 7. The summed E-state index contributed by atoms with van der Waals surface area (Å²) in [5.74, 6) is 0. The number of ether oxygens (including phenoxy) is 1. The number of nitrogens with one attached hydrogen (secondary N) is 1. The van der Waals surface area contributed by atoms with E-state index in [1.54, 1.807) is 0 Å². The summed E-state index contributed by atoms with van der Waals surface area (Å²) < 4.78 is 37.4. The third-order valence-electron chi connectivity index (χ3n) is 9.21. The van der Waals surface area contributed by atoms with Crippen LogP contribution in [0.4, 0.5) is 5.69 Å². The lowest BCUT2D eigenvalue weighted by molar-refractivity contribution is -0.387. The van der Waals surface area contributed by atoms with E-state index < -0.39 is 26.2 Å². The van der Waals surface area contributed by atoms with Gasteiger partial charge in [-0.15, -0.1) is 0 Å². The van der Waals surface area contributed by atoms with E-state index in [9.17, 15) is 23.6 Å². The van der Waals surface area contributed by atoms with Gasteiger partial charge in [0.15, 0.2) is 4.90 Å². The molecule has 0 bridgehead atoms. The van der Waals surface area contributed by atoms with E-state index in [4.69, 9.17) is 4.74 Å². The van der Waals surface area contributed by atoms with Gasteiger partial charge in [0.2, 0.25) is 10.0 Å². The number of sulfonamides is 1. The molecule has 5 aromatic rings. The predicted octanol–water partition coefficient (Wildman–Crippen LogP) is 7.16. The zero-order valence-electron chi connectivity index (χ0n) is 27.7. The van der Waals surface area contributed by atoms with Gasteiger partial charge in [0.25, 0.3) is 5.69 Å². The molecule has 1 heterocycles. The molecule has 9 nitrogen and oxygen atoms in total. The van der Waals surface area contributed by atoms with E-state index in [0.717, 1.165) is 32.3 Å². The molecule has 0 saturated carbocycles. The number of nitro benzene ring substituents is 1. The molecular formula is C40H38BrN3O6S. The van der Waals surface area contributed by atoms with Gasteiger partial charge in [-0.25, -0.2) is 13.1 Å². The van der Waals surface area contributed by atoms with Crippen molar-refractivity contribution in [3.8, 4) is 0 Å². The molecule has 0 aromatic heterocycles. The molecule has 0 radical (unpaired) electrons. The number of nitrogens with zero attached hydrogens (tertiary/aromatic N) is 2. The third-order valence-corrected chi connectivity index (χ3v) is 11.2. The van der Waals surface area contributed by atoms with Crippen molar-refractivity contribution in [1.29, 1.82) is 0 Å². The highest BCUT2D eigenvalue weighted by molar-refractivity contribution is 9.10. The molecule has 0 spiro atoms. The second-order valence-electron chi connectivity index (χ2n) is 12.4. The number of hydrogen-bond donors (Lipinski definition) is 2. The highest BCUT2D eigenvalue weighted by Crippen LogP contribution is 2.42. The van der Waals surface area contributed by atoms with Crippen LogP contribution in [0.3, 0.4) is 0 Å². The lowest BCUT2D eigenvalue weighted by Gasteiger charge is -2.50. The fraction of sp³-hybridized carbons (Fsp3) is 0.200. The topological polar surface area (TPSA) is 122 Å². The summed E-state index contributed by atoms with van der Waals surface area (Å²) in [6.45, 7) is 0.469. The largest absolute Gasteiger partial charge is 0.392 e. The normalized spacial score (nSPS) is 16.8. The third kappa shape index (κ3) is 8.20. The van der Waals surface area contributed by atoms with Crippen LogP contribution in [0.25, 0.3) is 6.08 Å². The average Bonchev–Trinajstić information content (AvgIpc) is 3.16. The Kier molecular flexibility index (Phi) is 11.6. The molecule has 1 saturated heterocycles. The minimum atomic E-state index is -4.20. The van der Waals surface area contributed by atoms with E-state index in [2.05, 4.69) is 62.0 Å². The Labute approximate surface area is 306 Å². The standard InChI is InChI=1S/C40H38BrN3O6S/c41-35-22-20-30(21-23-35)24-31(28-45)27-43-36(26-42-51(48,49)39-19-11-10-18-38(39)44(46)47)25-37(43)29-50-40(32-12-4-1-5-13-32,33-14-6-2-7-15-33)34-16-8-3-9-17-34/h1-24,36-37,42,45H,25-29H2/t36-,37-/m0/s1. The smallest absolute Gasteiger partial charge is 0.289 e. The Hall–Kier alpha value is -4.49. The maximum atomic E-state index is 13.4. The fourth-order valence-electron chi connectivity index (χ4n) is 6.65. The quantitative estimate of drug-likeness (QED) is 0.0659. The molecule has 2 N–H and O–H groups in total. The monoisotopic (exact) mass is 767 g/mol. The van der Waals surface area contributed by atoms with E-state index in [1.165, 1.54) is 24.3 Å². The van der Waals surface area contributed by atoms with Crippen LogP contribution in [0.5, 0.6) is 0 Å². The van der Waals surface area contributed by atoms with Crippen LogP contribution in [-0.4, -0.2) is 61.7 Å². The number of nitro groups is 1. The zero-order chi connectivity index (χ0) is 35.8. The summed E-state index contributed by atoms with van der Waals surface area (Å²) in [5.41, 5.74) is 3.13. The SMILES string of the molecule is O=[N+]([O-])c1ccccc1S(=O)(=O)NC[C@@H]1C[C@@H](COC(c2ccccc2)(c2ccccc2)c2ccccc2)N1CC(=Cc1ccc(Br)cc1)CO. The van der Waals surface area contributed by atoms with E-state index in [1.807, 2.05) is 84.9 Å². The van der Waals surface area contributed by atoms with Crippen molar-refractivity contribution in [3.05, 3.63) is 182 Å². The fourth-order valence-corrected chi connectivity index (χ4v) is 8.15. The summed E-state index contributed by atoms with van der Waals surface area (Å²) in [4.78, 5) is 12.7. The van der Waals surface area contributed by atoms with Crippen molar-refractivity contribution in [2.75, 3.05) is 26.3 Å². The second kappa shape index (κ2) is 16.2. The number of benzene rings is 5. The van der Waals surface area contributed by atoms with Crippen molar-refractivity contribution in [1.82, 2.24) is 9.62 Å². The molecule has 1 fully saturated rings. The molecule has 11 heteroatoms. The van der Waals surface area contributed by atoms with Gasteiger partial charge in [0, 0.05) is 35.7 Å². The van der Waals surface area contributed by atoms with Crippen molar-refractivity contribution in [2.45, 2.75) is 29.0 Å². The van der Waals surface area contributed by atoms with Crippen LogP contribution in [0.2, 0.25) is 0 Å². The van der Waals surface area contributed by atoms with Crippen molar-refractivity contribution >= 4 is 37.7 Å². The first-order chi connectivity index (χ1) is 24.7. The molecule has 0 aliphatic carbocycles. The maximum absolute atomic E-state index is 13.4. The van der Waals surface area contributed by atoms with Crippen LogP contribution in [0.1, 0.15) is 28.7 Å². The molecule has 5 aromatic carbocycles. The van der Waals surface area contributed by atoms with E-state index in [-0.39, 0.29) is 30.1 Å². The summed E-state index contributed by atoms with van der Waals surface area (Å²) in [5, 5.41) is 22.1. The number of likely N-dealkylation sites (tertiary alicyclic amines) is 1. The summed E-state index contributed by atoms with van der Waals surface area (Å²) in [6, 6.07) is 42.9. The molecule has 51 heavy (non-hydrogen) atoms. The molecule has 2 atom stereocenters. The van der Waals surface area contributed by atoms with Gasteiger partial charge in [-0.05, 0) is 52.4 Å². The van der Waals surface area contributed by atoms with Gasteiger partial charge in [-0.2, -0.15) is 0 Å². The first kappa shape index (κ1) is 36.3. The Bertz CT molecular complexity index is 1970. The molecular weight excluding hydrogens is 730 g/mol. The summed E-state index contributed by atoms with van der Waals surface area (Å²) in [7, 11) is -4.20. The number of aliphatic hydroxyl groups is 1. The van der Waals surface area contributed by atoms with Crippen molar-refractivity contribution in [2.24, 2.45) is 0 Å². The van der Waals surface area contributed by atoms with Crippen LogP contribution >= 0.6 is 15.9 Å². The van der Waals surface area contributed by atoms with Gasteiger partial charge >= 0.3 is 0 Å². The molecule has 262 valence electrons. The highest BCUT2D eigenvalue weighted by atomic mass is 79.9. The summed E-state index contributed by atoms with van der Waals surface area (Å²) >= 11 is 3.47. The van der Waals surface area contributed by atoms with Gasteiger partial charge in [-0.1, -0.05) is 137 Å². The Morgan fingerprint density at radius 1 is 0.843 bits per heavy atom. The van der Waals surface area contributed by atoms with Crippen LogP contribution < -0.4 is 4.72 Å². The zero-order valence-corrected chi connectivity index (χ0v) is 30.1. The maximum Gasteiger partial charge on any atom is 0.289 e. The Morgan fingerprint density at radius 3 is 1.90 bits per heavy atom. The van der Waals surface area contributed by atoms with Crippen LogP contribution in [0.15, 0.2) is 154 Å². The number of halogens is 1. The number of rotatable bonds is 15. The minimum absolute atomic E-state index is 0.0169.